The van der Waals surface area contributed by atoms with E-state index in [0.717, 1.165) is 0 Å². The summed E-state index contributed by atoms with van der Waals surface area (Å²) in [5.41, 5.74) is 6.09. The van der Waals surface area contributed by atoms with Crippen LogP contribution in [0.4, 0.5) is 8.78 Å². The zero-order valence-corrected chi connectivity index (χ0v) is 23.8. The Morgan fingerprint density at radius 2 is 1.77 bits per heavy atom. The molecule has 2 aliphatic heterocycles. The van der Waals surface area contributed by atoms with Crippen LogP contribution in [0.3, 0.4) is 0 Å². The molecule has 1 unspecified atom stereocenters. The number of carbonyl (C=O) groups excluding carboxylic acids is 4. The molecule has 2 saturated heterocycles. The predicted octanol–water partition coefficient (Wildman–Crippen LogP) is 2.92. The molecule has 3 heterocycles. The highest BCUT2D eigenvalue weighted by molar-refractivity contribution is 7.10. The summed E-state index contributed by atoms with van der Waals surface area (Å²) in [6.07, 6.45) is 0.0979. The fourth-order valence-electron chi connectivity index (χ4n) is 5.81. The summed E-state index contributed by atoms with van der Waals surface area (Å²) in [7, 11) is 0. The number of nitrogens with one attached hydrogen (secondary N) is 2. The fraction of sp³-hybridized carbons (Fsp3) is 0.333. The van der Waals surface area contributed by atoms with Crippen LogP contribution in [0.25, 0.3) is 11.1 Å². The molecule has 43 heavy (non-hydrogen) atoms. The van der Waals surface area contributed by atoms with E-state index in [4.69, 9.17) is 15.2 Å². The molecule has 2 aromatic carbocycles. The van der Waals surface area contributed by atoms with Crippen molar-refractivity contribution in [1.29, 1.82) is 0 Å². The van der Waals surface area contributed by atoms with E-state index in [9.17, 15) is 28.0 Å². The van der Waals surface area contributed by atoms with E-state index < -0.39 is 54.0 Å². The van der Waals surface area contributed by atoms with Crippen molar-refractivity contribution >= 4 is 35.0 Å². The van der Waals surface area contributed by atoms with Gasteiger partial charge in [-0.3, -0.25) is 19.2 Å². The number of hydrogen-bond donors (Lipinski definition) is 3. The first-order chi connectivity index (χ1) is 20.5. The SMILES string of the molecule is CC(NC(=O)[C@@H]1CC2(CN1C(=O)CNC(=O)c1ccc3c(c1)-c1ccccc1C3(F)F)OCCO2)c1cc(C(N)=O)cs1. The molecule has 1 aliphatic carbocycles. The van der Waals surface area contributed by atoms with Crippen molar-refractivity contribution in [2.75, 3.05) is 26.3 Å². The standard InChI is InChI=1S/C30H28F2N4O6S/c1-16(24-11-18(14-43-24)26(33)38)35-28(40)23-12-29(41-8-9-42-29)15-36(23)25(37)13-34-27(39)17-6-7-22-20(10-17)19-4-2-3-5-21(19)30(22,31)32/h2-7,10-11,14,16,23H,8-9,12-13,15H2,1H3,(H2,33,38)(H,34,39)(H,35,40)/t16?,23-/m0/s1. The minimum atomic E-state index is -3.17. The second-order valence-electron chi connectivity index (χ2n) is 10.7. The molecule has 2 atom stereocenters. The lowest BCUT2D eigenvalue weighted by atomic mass is 10.0. The van der Waals surface area contributed by atoms with Crippen molar-refractivity contribution in [2.45, 2.75) is 37.1 Å². The fourth-order valence-corrected chi connectivity index (χ4v) is 6.72. The highest BCUT2D eigenvalue weighted by Gasteiger charge is 2.52. The third kappa shape index (κ3) is 5.17. The number of carbonyl (C=O) groups is 4. The number of amides is 4. The number of likely N-dealkylation sites (tertiary alicyclic amines) is 1. The second kappa shape index (κ2) is 10.8. The minimum absolute atomic E-state index is 0.0102. The number of benzene rings is 2. The zero-order valence-electron chi connectivity index (χ0n) is 23.0. The van der Waals surface area contributed by atoms with Gasteiger partial charge in [0.15, 0.2) is 5.79 Å². The van der Waals surface area contributed by atoms with Crippen molar-refractivity contribution in [3.8, 4) is 11.1 Å². The number of ether oxygens (including phenoxy) is 2. The summed E-state index contributed by atoms with van der Waals surface area (Å²) < 4.78 is 41.3. The van der Waals surface area contributed by atoms with Crippen molar-refractivity contribution in [1.82, 2.24) is 15.5 Å². The number of fused-ring (bicyclic) bond motifs is 3. The molecule has 3 aliphatic rings. The largest absolute Gasteiger partial charge is 0.366 e. The van der Waals surface area contributed by atoms with Crippen LogP contribution in [0, 0.1) is 0 Å². The number of halogens is 2. The molecule has 0 bridgehead atoms. The molecule has 224 valence electrons. The average Bonchev–Trinajstić information content (AvgIpc) is 3.78. The highest BCUT2D eigenvalue weighted by Crippen LogP contribution is 2.51. The van der Waals surface area contributed by atoms with Crippen molar-refractivity contribution in [3.05, 3.63) is 81.0 Å². The second-order valence-corrected chi connectivity index (χ2v) is 11.7. The molecule has 6 rings (SSSR count). The molecule has 3 aromatic rings. The molecule has 0 saturated carbocycles. The van der Waals surface area contributed by atoms with Crippen LogP contribution < -0.4 is 16.4 Å². The van der Waals surface area contributed by atoms with Crippen LogP contribution in [-0.4, -0.2) is 66.7 Å². The Labute approximate surface area is 249 Å². The van der Waals surface area contributed by atoms with Crippen LogP contribution >= 0.6 is 11.3 Å². The van der Waals surface area contributed by atoms with E-state index in [1.54, 1.807) is 30.5 Å². The van der Waals surface area contributed by atoms with Gasteiger partial charge in [-0.1, -0.05) is 30.3 Å². The maximum atomic E-state index is 14.9. The highest BCUT2D eigenvalue weighted by atomic mass is 32.1. The summed E-state index contributed by atoms with van der Waals surface area (Å²) >= 11 is 1.27. The predicted molar refractivity (Wildman–Crippen MR) is 151 cm³/mol. The normalized spacial score (nSPS) is 20.0. The third-order valence-corrected chi connectivity index (χ3v) is 9.11. The lowest BCUT2D eigenvalue weighted by molar-refractivity contribution is -0.152. The summed E-state index contributed by atoms with van der Waals surface area (Å²) in [5.74, 6) is -6.49. The molecule has 4 N–H and O–H groups in total. The Kier molecular flexibility index (Phi) is 7.27. The lowest BCUT2D eigenvalue weighted by Gasteiger charge is -2.25. The van der Waals surface area contributed by atoms with Crippen molar-refractivity contribution in [2.24, 2.45) is 5.73 Å². The minimum Gasteiger partial charge on any atom is -0.366 e. The summed E-state index contributed by atoms with van der Waals surface area (Å²) in [4.78, 5) is 53.3. The number of nitrogens with zero attached hydrogens (tertiary/aromatic N) is 1. The van der Waals surface area contributed by atoms with Gasteiger partial charge in [0, 0.05) is 33.4 Å². The monoisotopic (exact) mass is 610 g/mol. The smallest absolute Gasteiger partial charge is 0.299 e. The van der Waals surface area contributed by atoms with E-state index in [2.05, 4.69) is 10.6 Å². The Balaban J connectivity index is 1.15. The zero-order chi connectivity index (χ0) is 30.5. The van der Waals surface area contributed by atoms with Gasteiger partial charge in [-0.2, -0.15) is 8.78 Å². The Hall–Kier alpha value is -4.20. The van der Waals surface area contributed by atoms with Gasteiger partial charge in [-0.15, -0.1) is 11.3 Å². The van der Waals surface area contributed by atoms with Crippen molar-refractivity contribution in [3.63, 3.8) is 0 Å². The topological polar surface area (TPSA) is 140 Å². The molecule has 10 nitrogen and oxygen atoms in total. The van der Waals surface area contributed by atoms with Crippen molar-refractivity contribution < 1.29 is 37.4 Å². The first-order valence-electron chi connectivity index (χ1n) is 13.7. The number of alkyl halides is 2. The van der Waals surface area contributed by atoms with Gasteiger partial charge in [0.25, 0.3) is 11.8 Å². The van der Waals surface area contributed by atoms with E-state index in [0.29, 0.717) is 29.2 Å². The van der Waals surface area contributed by atoms with Gasteiger partial charge < -0.3 is 30.7 Å². The summed E-state index contributed by atoms with van der Waals surface area (Å²) in [6, 6.07) is 10.3. The molecule has 13 heteroatoms. The maximum absolute atomic E-state index is 14.9. The summed E-state index contributed by atoms with van der Waals surface area (Å²) in [5, 5.41) is 7.04. The van der Waals surface area contributed by atoms with E-state index in [1.807, 2.05) is 0 Å². The van der Waals surface area contributed by atoms with Gasteiger partial charge >= 0.3 is 0 Å². The van der Waals surface area contributed by atoms with Crippen LogP contribution in [0.15, 0.2) is 53.9 Å². The maximum Gasteiger partial charge on any atom is 0.299 e. The van der Waals surface area contributed by atoms with Gasteiger partial charge in [0.2, 0.25) is 17.7 Å². The van der Waals surface area contributed by atoms with Crippen LogP contribution in [0.2, 0.25) is 0 Å². The molecule has 1 spiro atoms. The Morgan fingerprint density at radius 3 is 2.49 bits per heavy atom. The Bertz CT molecular complexity index is 1640. The molecule has 4 amide bonds. The lowest BCUT2D eigenvalue weighted by Crippen LogP contribution is -2.49. The quantitative estimate of drug-likeness (QED) is 0.376. The number of rotatable bonds is 7. The van der Waals surface area contributed by atoms with Gasteiger partial charge in [0.1, 0.15) is 6.04 Å². The van der Waals surface area contributed by atoms with Crippen LogP contribution in [0.1, 0.15) is 56.1 Å². The van der Waals surface area contributed by atoms with Crippen LogP contribution in [-0.2, 0) is 25.0 Å². The molecule has 0 radical (unpaired) electrons. The number of thiophene rings is 1. The summed E-state index contributed by atoms with van der Waals surface area (Å²) in [6.45, 7) is 1.93. The molecular formula is C30H28F2N4O6S. The third-order valence-electron chi connectivity index (χ3n) is 7.99. The van der Waals surface area contributed by atoms with E-state index >= 15 is 0 Å². The van der Waals surface area contributed by atoms with E-state index in [1.165, 1.54) is 46.6 Å². The van der Waals surface area contributed by atoms with Gasteiger partial charge in [-0.05, 0) is 36.2 Å². The first kappa shape index (κ1) is 28.9. The number of primary amides is 1. The average molecular weight is 611 g/mol. The molecular weight excluding hydrogens is 582 g/mol. The Morgan fingerprint density at radius 1 is 1.05 bits per heavy atom. The van der Waals surface area contributed by atoms with Gasteiger partial charge in [-0.25, -0.2) is 0 Å². The van der Waals surface area contributed by atoms with Gasteiger partial charge in [0.05, 0.1) is 37.9 Å². The van der Waals surface area contributed by atoms with E-state index in [-0.39, 0.29) is 35.2 Å². The number of hydrogen-bond acceptors (Lipinski definition) is 7. The number of nitrogens with two attached hydrogens (primary N) is 1. The first-order valence-corrected chi connectivity index (χ1v) is 14.5. The molecule has 1 aromatic heterocycles. The molecule has 2 fully saturated rings. The van der Waals surface area contributed by atoms with Crippen LogP contribution in [0.5, 0.6) is 0 Å².